The molecule has 3 rings (SSSR count). The van der Waals surface area contributed by atoms with E-state index in [0.29, 0.717) is 0 Å². The van der Waals surface area contributed by atoms with Crippen molar-refractivity contribution in [1.82, 2.24) is 5.32 Å². The Morgan fingerprint density at radius 3 is 2.58 bits per heavy atom. The fraction of sp³-hybridized carbons (Fsp3) is 0.588. The predicted molar refractivity (Wildman–Crippen MR) is 84.0 cm³/mol. The third-order valence-corrected chi connectivity index (χ3v) is 4.21. The second-order valence-corrected chi connectivity index (χ2v) is 6.76. The molecule has 0 aliphatic carbocycles. The number of ether oxygens (including phenoxy) is 4. The summed E-state index contributed by atoms with van der Waals surface area (Å²) < 4.78 is 22.2. The zero-order valence-corrected chi connectivity index (χ0v) is 14.0. The number of hydrogen-bond acceptors (Lipinski definition) is 6. The maximum absolute atomic E-state index is 11.8. The van der Waals surface area contributed by atoms with Crippen LogP contribution < -0.4 is 5.32 Å². The van der Waals surface area contributed by atoms with Gasteiger partial charge in [0.05, 0.1) is 6.54 Å². The van der Waals surface area contributed by atoms with E-state index in [1.807, 2.05) is 30.3 Å². The van der Waals surface area contributed by atoms with Gasteiger partial charge in [-0.05, 0) is 26.3 Å². The number of carbonyl (C=O) groups is 1. The maximum Gasteiger partial charge on any atom is 0.407 e. The molecule has 0 aromatic heterocycles. The number of rotatable bonds is 4. The van der Waals surface area contributed by atoms with Crippen molar-refractivity contribution in [2.75, 3.05) is 6.54 Å². The molecule has 2 heterocycles. The van der Waals surface area contributed by atoms with Crippen LogP contribution in [0, 0.1) is 0 Å². The molecule has 2 N–H and O–H groups in total. The molecule has 2 saturated heterocycles. The van der Waals surface area contributed by atoms with Gasteiger partial charge < -0.3 is 29.4 Å². The second-order valence-electron chi connectivity index (χ2n) is 6.76. The first-order chi connectivity index (χ1) is 11.3. The molecule has 7 heteroatoms. The highest BCUT2D eigenvalue weighted by molar-refractivity contribution is 5.67. The summed E-state index contributed by atoms with van der Waals surface area (Å²) in [4.78, 5) is 11.8. The average Bonchev–Trinajstić information content (AvgIpc) is 2.95. The summed E-state index contributed by atoms with van der Waals surface area (Å²) in [6, 6.07) is 9.39. The van der Waals surface area contributed by atoms with Crippen molar-refractivity contribution >= 4 is 6.09 Å². The lowest BCUT2D eigenvalue weighted by Crippen LogP contribution is -2.50. The van der Waals surface area contributed by atoms with E-state index in [0.717, 1.165) is 5.56 Å². The first kappa shape index (κ1) is 17.2. The van der Waals surface area contributed by atoms with Gasteiger partial charge in [0.15, 0.2) is 12.1 Å². The number of hydrogen-bond donors (Lipinski definition) is 2. The molecule has 1 aromatic carbocycles. The van der Waals surface area contributed by atoms with Gasteiger partial charge in [0.1, 0.15) is 24.4 Å². The third-order valence-electron chi connectivity index (χ3n) is 4.21. The molecule has 0 spiro atoms. The van der Waals surface area contributed by atoms with Crippen molar-refractivity contribution in [1.29, 1.82) is 0 Å². The summed E-state index contributed by atoms with van der Waals surface area (Å²) in [7, 11) is 0. The van der Waals surface area contributed by atoms with Crippen LogP contribution in [0.4, 0.5) is 4.79 Å². The minimum Gasteiger partial charge on any atom is -0.445 e. The monoisotopic (exact) mass is 337 g/mol. The summed E-state index contributed by atoms with van der Waals surface area (Å²) in [5.41, 5.74) is -0.105. The number of alkyl carbamates (subject to hydrolysis) is 1. The molecule has 7 nitrogen and oxygen atoms in total. The van der Waals surface area contributed by atoms with E-state index in [1.165, 1.54) is 0 Å². The highest BCUT2D eigenvalue weighted by Gasteiger charge is 2.59. The van der Waals surface area contributed by atoms with Crippen molar-refractivity contribution in [3.63, 3.8) is 0 Å². The van der Waals surface area contributed by atoms with Crippen LogP contribution in [0.15, 0.2) is 30.3 Å². The van der Waals surface area contributed by atoms with Crippen LogP contribution in [0.3, 0.4) is 0 Å². The topological polar surface area (TPSA) is 86.3 Å². The molecule has 4 atom stereocenters. The Labute approximate surface area is 140 Å². The fourth-order valence-corrected chi connectivity index (χ4v) is 2.91. The Bertz CT molecular complexity index is 592. The van der Waals surface area contributed by atoms with Crippen LogP contribution in [0.5, 0.6) is 0 Å². The lowest BCUT2D eigenvalue weighted by atomic mass is 9.97. The number of benzene rings is 1. The van der Waals surface area contributed by atoms with Crippen molar-refractivity contribution in [3.8, 4) is 0 Å². The van der Waals surface area contributed by atoms with Crippen LogP contribution in [-0.4, -0.2) is 47.6 Å². The van der Waals surface area contributed by atoms with E-state index in [9.17, 15) is 9.90 Å². The number of fused-ring (bicyclic) bond motifs is 1. The van der Waals surface area contributed by atoms with Gasteiger partial charge in [-0.1, -0.05) is 30.3 Å². The molecule has 1 aromatic rings. The number of amides is 1. The summed E-state index contributed by atoms with van der Waals surface area (Å²) in [6.45, 7) is 5.49. The molecule has 2 fully saturated rings. The minimum absolute atomic E-state index is 0.0853. The molecule has 132 valence electrons. The van der Waals surface area contributed by atoms with Crippen molar-refractivity contribution in [3.05, 3.63) is 35.9 Å². The highest BCUT2D eigenvalue weighted by Crippen LogP contribution is 2.41. The number of nitrogens with one attached hydrogen (secondary N) is 1. The first-order valence-electron chi connectivity index (χ1n) is 7.95. The molecule has 2 aliphatic heterocycles. The Morgan fingerprint density at radius 1 is 1.21 bits per heavy atom. The molecular formula is C17H23NO6. The highest BCUT2D eigenvalue weighted by atomic mass is 16.8. The SMILES string of the molecule is CC1(C)O[C@H]2O[C@](C)(CNC(=O)OCc3ccccc3)[C@H](O)[C@H]2O1. The van der Waals surface area contributed by atoms with Gasteiger partial charge >= 0.3 is 6.09 Å². The lowest BCUT2D eigenvalue weighted by Gasteiger charge is -2.31. The summed E-state index contributed by atoms with van der Waals surface area (Å²) in [5.74, 6) is -0.792. The zero-order chi connectivity index (χ0) is 17.4. The average molecular weight is 337 g/mol. The molecule has 0 saturated carbocycles. The molecule has 0 unspecified atom stereocenters. The van der Waals surface area contributed by atoms with Gasteiger partial charge in [-0.2, -0.15) is 0 Å². The zero-order valence-electron chi connectivity index (χ0n) is 14.0. The molecule has 24 heavy (non-hydrogen) atoms. The van der Waals surface area contributed by atoms with Gasteiger partial charge in [-0.25, -0.2) is 4.79 Å². The first-order valence-corrected chi connectivity index (χ1v) is 7.95. The molecule has 0 radical (unpaired) electrons. The quantitative estimate of drug-likeness (QED) is 0.867. The normalized spacial score (nSPS) is 33.9. The second kappa shape index (κ2) is 6.33. The van der Waals surface area contributed by atoms with E-state index in [2.05, 4.69) is 5.32 Å². The van der Waals surface area contributed by atoms with Crippen LogP contribution in [0.2, 0.25) is 0 Å². The third kappa shape index (κ3) is 3.54. The van der Waals surface area contributed by atoms with Gasteiger partial charge in [0.2, 0.25) is 0 Å². The van der Waals surface area contributed by atoms with E-state index in [1.54, 1.807) is 20.8 Å². The standard InChI is InChI=1S/C17H23NO6/c1-16(2)22-12-13(19)17(3,24-14(12)23-16)10-18-15(20)21-9-11-7-5-4-6-8-11/h4-8,12-14,19H,9-10H2,1-3H3,(H,18,20)/t12-,13-,14+,17-/m1/s1. The summed E-state index contributed by atoms with van der Waals surface area (Å²) >= 11 is 0. The van der Waals surface area contributed by atoms with Gasteiger partial charge in [-0.15, -0.1) is 0 Å². The Hall–Kier alpha value is -1.67. The van der Waals surface area contributed by atoms with E-state index >= 15 is 0 Å². The van der Waals surface area contributed by atoms with Crippen LogP contribution in [0.25, 0.3) is 0 Å². The summed E-state index contributed by atoms with van der Waals surface area (Å²) in [5, 5.41) is 13.1. The Balaban J connectivity index is 1.49. The van der Waals surface area contributed by atoms with Gasteiger partial charge in [-0.3, -0.25) is 0 Å². The number of aliphatic hydroxyl groups is 1. The Kier molecular flexibility index (Phi) is 4.52. The van der Waals surface area contributed by atoms with Crippen LogP contribution in [0.1, 0.15) is 26.3 Å². The van der Waals surface area contributed by atoms with E-state index in [4.69, 9.17) is 18.9 Å². The van der Waals surface area contributed by atoms with Crippen molar-refractivity contribution in [2.45, 2.75) is 57.3 Å². The number of aliphatic hydroxyl groups excluding tert-OH is 1. The summed E-state index contributed by atoms with van der Waals surface area (Å²) in [6.07, 6.45) is -2.72. The smallest absolute Gasteiger partial charge is 0.407 e. The number of carbonyl (C=O) groups excluding carboxylic acids is 1. The maximum atomic E-state index is 11.8. The van der Waals surface area contributed by atoms with E-state index in [-0.39, 0.29) is 13.2 Å². The van der Waals surface area contributed by atoms with E-state index < -0.39 is 36.0 Å². The predicted octanol–water partition coefficient (Wildman–Crippen LogP) is 1.54. The fourth-order valence-electron chi connectivity index (χ4n) is 2.91. The van der Waals surface area contributed by atoms with Crippen LogP contribution >= 0.6 is 0 Å². The molecule has 0 bridgehead atoms. The molecule has 2 aliphatic rings. The van der Waals surface area contributed by atoms with Crippen molar-refractivity contribution < 1.29 is 28.8 Å². The van der Waals surface area contributed by atoms with Crippen molar-refractivity contribution in [2.24, 2.45) is 0 Å². The molecule has 1 amide bonds. The van der Waals surface area contributed by atoms with Crippen LogP contribution in [-0.2, 0) is 25.6 Å². The molecular weight excluding hydrogens is 314 g/mol. The minimum atomic E-state index is -1.00. The Morgan fingerprint density at radius 2 is 1.92 bits per heavy atom. The van der Waals surface area contributed by atoms with Gasteiger partial charge in [0, 0.05) is 0 Å². The lowest BCUT2D eigenvalue weighted by molar-refractivity contribution is -0.234. The largest absolute Gasteiger partial charge is 0.445 e. The van der Waals surface area contributed by atoms with Gasteiger partial charge in [0.25, 0.3) is 0 Å².